The van der Waals surface area contributed by atoms with Gasteiger partial charge in [0.2, 0.25) is 5.95 Å². The van der Waals surface area contributed by atoms with Gasteiger partial charge in [0.1, 0.15) is 17.1 Å². The molecule has 0 radical (unpaired) electrons. The van der Waals surface area contributed by atoms with Crippen molar-refractivity contribution in [2.45, 2.75) is 44.8 Å². The molecule has 240 valence electrons. The molecule has 4 N–H and O–H groups in total. The Morgan fingerprint density at radius 2 is 1.87 bits per heavy atom. The number of aliphatic hydroxyl groups is 1. The van der Waals surface area contributed by atoms with Crippen LogP contribution in [0.1, 0.15) is 41.9 Å². The number of halogens is 3. The number of amides is 1. The molecular weight excluding hydrogens is 612 g/mol. The molecule has 0 saturated carbocycles. The molecule has 1 atom stereocenters. The van der Waals surface area contributed by atoms with Crippen LogP contribution in [0.5, 0.6) is 5.75 Å². The summed E-state index contributed by atoms with van der Waals surface area (Å²) in [7, 11) is 0.963. The SMILES string of the molecule is CNC(=O)c1nc(-c2cnn(CCCO)c2)ccc1Nc1nc(Nc2ccc(C[PH](=O)C(C)C)cc2OC)ncc1C(F)(F)F. The summed E-state index contributed by atoms with van der Waals surface area (Å²) >= 11 is 0. The minimum atomic E-state index is -4.82. The van der Waals surface area contributed by atoms with Crippen molar-refractivity contribution >= 4 is 36.8 Å². The van der Waals surface area contributed by atoms with Crippen LogP contribution in [0.15, 0.2) is 48.9 Å². The van der Waals surface area contributed by atoms with Crippen LogP contribution >= 0.6 is 7.80 Å². The fourth-order valence-corrected chi connectivity index (χ4v) is 5.24. The van der Waals surface area contributed by atoms with E-state index in [4.69, 9.17) is 9.84 Å². The molecule has 0 aliphatic carbocycles. The number of anilines is 4. The Balaban J connectivity index is 1.68. The third kappa shape index (κ3) is 8.37. The summed E-state index contributed by atoms with van der Waals surface area (Å²) in [5.74, 6) is -1.06. The van der Waals surface area contributed by atoms with E-state index in [0.29, 0.717) is 48.0 Å². The fraction of sp³-hybridized carbons (Fsp3) is 0.345. The number of benzene rings is 1. The normalized spacial score (nSPS) is 12.2. The summed E-state index contributed by atoms with van der Waals surface area (Å²) in [5, 5.41) is 21.2. The number of aliphatic hydroxyl groups excluding tert-OH is 1. The van der Waals surface area contributed by atoms with E-state index < -0.39 is 31.3 Å². The van der Waals surface area contributed by atoms with Crippen molar-refractivity contribution in [2.75, 3.05) is 31.4 Å². The first-order chi connectivity index (χ1) is 21.4. The van der Waals surface area contributed by atoms with Crippen LogP contribution in [0.3, 0.4) is 0 Å². The van der Waals surface area contributed by atoms with E-state index in [-0.39, 0.29) is 29.6 Å². The highest BCUT2D eigenvalue weighted by molar-refractivity contribution is 7.44. The van der Waals surface area contributed by atoms with Gasteiger partial charge < -0.3 is 30.4 Å². The second-order valence-electron chi connectivity index (χ2n) is 10.3. The molecule has 4 rings (SSSR count). The largest absolute Gasteiger partial charge is 0.495 e. The van der Waals surface area contributed by atoms with E-state index in [1.807, 2.05) is 13.8 Å². The molecule has 1 aromatic carbocycles. The second kappa shape index (κ2) is 14.5. The number of hydrogen-bond donors (Lipinski definition) is 4. The smallest absolute Gasteiger partial charge is 0.421 e. The monoisotopic (exact) mass is 646 g/mol. The van der Waals surface area contributed by atoms with Crippen molar-refractivity contribution in [3.05, 3.63) is 65.7 Å². The first-order valence-electron chi connectivity index (χ1n) is 14.0. The number of nitrogens with zero attached hydrogens (tertiary/aromatic N) is 5. The van der Waals surface area contributed by atoms with Crippen LogP contribution in [-0.2, 0) is 23.4 Å². The summed E-state index contributed by atoms with van der Waals surface area (Å²) in [6, 6.07) is 8.07. The lowest BCUT2D eigenvalue weighted by Crippen LogP contribution is -2.21. The number of carbonyl (C=O) groups is 1. The van der Waals surface area contributed by atoms with Gasteiger partial charge in [-0.2, -0.15) is 23.3 Å². The molecule has 3 heterocycles. The second-order valence-corrected chi connectivity index (χ2v) is 12.7. The van der Waals surface area contributed by atoms with Gasteiger partial charge in [-0.15, -0.1) is 0 Å². The van der Waals surface area contributed by atoms with Gasteiger partial charge >= 0.3 is 6.18 Å². The molecule has 0 spiro atoms. The highest BCUT2D eigenvalue weighted by Crippen LogP contribution is 2.38. The van der Waals surface area contributed by atoms with Gasteiger partial charge in [0.05, 0.1) is 38.2 Å². The van der Waals surface area contributed by atoms with E-state index >= 15 is 0 Å². The van der Waals surface area contributed by atoms with Gasteiger partial charge in [-0.25, -0.2) is 9.97 Å². The number of pyridine rings is 1. The first kappa shape index (κ1) is 33.4. The number of aromatic nitrogens is 5. The molecule has 0 aliphatic rings. The Kier molecular flexibility index (Phi) is 10.8. The molecule has 0 aliphatic heterocycles. The topological polar surface area (TPSA) is 156 Å². The van der Waals surface area contributed by atoms with Crippen LogP contribution < -0.4 is 20.7 Å². The zero-order valence-electron chi connectivity index (χ0n) is 25.1. The fourth-order valence-electron chi connectivity index (χ4n) is 4.21. The lowest BCUT2D eigenvalue weighted by Gasteiger charge is -2.17. The van der Waals surface area contributed by atoms with Crippen LogP contribution in [-0.4, -0.2) is 62.2 Å². The van der Waals surface area contributed by atoms with Gasteiger partial charge in [-0.05, 0) is 36.2 Å². The van der Waals surface area contributed by atoms with Gasteiger partial charge in [-0.1, -0.05) is 19.9 Å². The molecule has 16 heteroatoms. The van der Waals surface area contributed by atoms with Gasteiger partial charge in [-0.3, -0.25) is 9.48 Å². The highest BCUT2D eigenvalue weighted by Gasteiger charge is 2.36. The summed E-state index contributed by atoms with van der Waals surface area (Å²) in [4.78, 5) is 25.1. The number of nitrogens with one attached hydrogen (secondary N) is 3. The maximum Gasteiger partial charge on any atom is 0.421 e. The summed E-state index contributed by atoms with van der Waals surface area (Å²) < 4.78 is 61.5. The molecule has 3 aromatic heterocycles. The Morgan fingerprint density at radius 3 is 2.53 bits per heavy atom. The van der Waals surface area contributed by atoms with Crippen LogP contribution in [0.2, 0.25) is 0 Å². The number of hydrogen-bond acceptors (Lipinski definition) is 10. The Hall–Kier alpha value is -4.49. The molecule has 1 amide bonds. The number of aryl methyl sites for hydroxylation is 1. The predicted molar refractivity (Wildman–Crippen MR) is 165 cm³/mol. The quantitative estimate of drug-likeness (QED) is 0.138. The van der Waals surface area contributed by atoms with E-state index in [9.17, 15) is 22.5 Å². The van der Waals surface area contributed by atoms with E-state index in [0.717, 1.165) is 5.56 Å². The Bertz CT molecular complexity index is 1680. The molecule has 0 saturated heterocycles. The third-order valence-corrected chi connectivity index (χ3v) is 8.74. The molecule has 4 aromatic rings. The summed E-state index contributed by atoms with van der Waals surface area (Å²) in [6.07, 6.45) is -0.0775. The number of carbonyl (C=O) groups excluding carboxylic acids is 1. The van der Waals surface area contributed by atoms with Gasteiger partial charge in [0.25, 0.3) is 5.91 Å². The van der Waals surface area contributed by atoms with Crippen molar-refractivity contribution in [2.24, 2.45) is 0 Å². The minimum absolute atomic E-state index is 0.00303. The lowest BCUT2D eigenvalue weighted by molar-refractivity contribution is -0.137. The first-order valence-corrected chi connectivity index (χ1v) is 15.7. The average Bonchev–Trinajstić information content (AvgIpc) is 3.49. The Morgan fingerprint density at radius 1 is 1.11 bits per heavy atom. The van der Waals surface area contributed by atoms with E-state index in [2.05, 4.69) is 36.0 Å². The zero-order chi connectivity index (χ0) is 32.7. The van der Waals surface area contributed by atoms with Crippen molar-refractivity contribution in [3.8, 4) is 17.0 Å². The Labute approximate surface area is 258 Å². The number of methoxy groups -OCH3 is 1. The van der Waals surface area contributed by atoms with E-state index in [1.54, 1.807) is 29.1 Å². The van der Waals surface area contributed by atoms with Crippen molar-refractivity contribution in [1.82, 2.24) is 30.0 Å². The van der Waals surface area contributed by atoms with Gasteiger partial charge in [0.15, 0.2) is 5.69 Å². The van der Waals surface area contributed by atoms with Crippen LogP contribution in [0.4, 0.5) is 36.3 Å². The number of alkyl halides is 3. The van der Waals surface area contributed by atoms with Crippen LogP contribution in [0, 0.1) is 0 Å². The van der Waals surface area contributed by atoms with Crippen molar-refractivity contribution in [3.63, 3.8) is 0 Å². The van der Waals surface area contributed by atoms with Crippen molar-refractivity contribution in [1.29, 1.82) is 0 Å². The van der Waals surface area contributed by atoms with Crippen molar-refractivity contribution < 1.29 is 32.4 Å². The summed E-state index contributed by atoms with van der Waals surface area (Å²) in [6.45, 7) is 4.25. The highest BCUT2D eigenvalue weighted by atomic mass is 31.1. The zero-order valence-corrected chi connectivity index (χ0v) is 26.1. The average molecular weight is 647 g/mol. The maximum atomic E-state index is 14.0. The molecule has 45 heavy (non-hydrogen) atoms. The molecular formula is C29H34F3N8O4P. The minimum Gasteiger partial charge on any atom is -0.495 e. The maximum absolute atomic E-state index is 14.0. The predicted octanol–water partition coefficient (Wildman–Crippen LogP) is 5.46. The van der Waals surface area contributed by atoms with Crippen LogP contribution in [0.25, 0.3) is 11.3 Å². The van der Waals surface area contributed by atoms with E-state index in [1.165, 1.54) is 32.5 Å². The lowest BCUT2D eigenvalue weighted by atomic mass is 10.1. The number of ether oxygens (including phenoxy) is 1. The molecule has 12 nitrogen and oxygen atoms in total. The molecule has 0 fully saturated rings. The standard InChI is InChI=1S/C29H34F3N8O4P/c1-17(2)45(43)16-18-6-7-22(24(12-18)44-4)38-28-34-14-20(29(30,31)32)26(39-28)37-23-9-8-21(36-25(23)27(42)33-3)19-13-35-40(15-19)10-5-11-41/h6-9,12-15,17,41,45H,5,10-11,16H2,1-4H3,(H,33,42)(H2,34,37,38,39). The van der Waals surface area contributed by atoms with Gasteiger partial charge in [0, 0.05) is 50.0 Å². The molecule has 0 bridgehead atoms. The summed E-state index contributed by atoms with van der Waals surface area (Å²) in [5.41, 5.74) is 0.804. The third-order valence-electron chi connectivity index (χ3n) is 6.69. The molecule has 1 unspecified atom stereocenters. The number of rotatable bonds is 13.